The van der Waals surface area contributed by atoms with Crippen LogP contribution in [0.2, 0.25) is 0 Å². The lowest BCUT2D eigenvalue weighted by molar-refractivity contribution is 0.0713. The molecule has 0 aromatic heterocycles. The van der Waals surface area contributed by atoms with E-state index in [2.05, 4.69) is 39.1 Å². The van der Waals surface area contributed by atoms with Crippen molar-refractivity contribution in [2.45, 2.75) is 40.7 Å². The average molecular weight is 288 g/mol. The first-order valence-corrected chi connectivity index (χ1v) is 8.09. The van der Waals surface area contributed by atoms with Crippen molar-refractivity contribution in [3.8, 4) is 0 Å². The molecule has 0 fully saturated rings. The number of carbonyl (C=O) groups is 1. The predicted molar refractivity (Wildman–Crippen MR) is 87.4 cm³/mol. The van der Waals surface area contributed by atoms with Crippen LogP contribution in [0.15, 0.2) is 18.2 Å². The number of hydrogen-bond donors (Lipinski definition) is 1. The largest absolute Gasteiger partial charge is 0.338 e. The molecule has 1 aromatic rings. The van der Waals surface area contributed by atoms with Crippen molar-refractivity contribution in [2.75, 3.05) is 19.6 Å². The maximum atomic E-state index is 13.0. The van der Waals surface area contributed by atoms with Gasteiger partial charge in [0.25, 0.3) is 5.91 Å². The van der Waals surface area contributed by atoms with Gasteiger partial charge in [0, 0.05) is 25.2 Å². The summed E-state index contributed by atoms with van der Waals surface area (Å²) in [5.74, 6) is 1.19. The molecule has 0 aliphatic carbocycles. The summed E-state index contributed by atoms with van der Waals surface area (Å²) >= 11 is 0. The summed E-state index contributed by atoms with van der Waals surface area (Å²) in [5, 5.41) is 3.38. The van der Waals surface area contributed by atoms with Gasteiger partial charge < -0.3 is 10.2 Å². The minimum Gasteiger partial charge on any atom is -0.338 e. The monoisotopic (exact) mass is 288 g/mol. The fourth-order valence-corrected chi connectivity index (χ4v) is 3.02. The van der Waals surface area contributed by atoms with Crippen LogP contribution in [0.25, 0.3) is 0 Å². The maximum absolute atomic E-state index is 13.0. The van der Waals surface area contributed by atoms with Crippen LogP contribution >= 0.6 is 0 Å². The molecule has 1 amide bonds. The Morgan fingerprint density at radius 1 is 1.19 bits per heavy atom. The number of amides is 1. The third-order valence-electron chi connectivity index (χ3n) is 3.83. The van der Waals surface area contributed by atoms with Crippen molar-refractivity contribution in [3.63, 3.8) is 0 Å². The van der Waals surface area contributed by atoms with E-state index in [9.17, 15) is 4.79 Å². The van der Waals surface area contributed by atoms with Crippen LogP contribution in [0.3, 0.4) is 0 Å². The minimum atomic E-state index is 0.205. The number of nitrogens with one attached hydrogen (secondary N) is 1. The second kappa shape index (κ2) is 7.08. The molecule has 0 bridgehead atoms. The van der Waals surface area contributed by atoms with Crippen molar-refractivity contribution >= 4 is 5.91 Å². The molecule has 21 heavy (non-hydrogen) atoms. The normalized spacial score (nSPS) is 14.4. The van der Waals surface area contributed by atoms with Crippen molar-refractivity contribution in [1.29, 1.82) is 0 Å². The zero-order valence-electron chi connectivity index (χ0n) is 13.8. The Labute approximate surface area is 128 Å². The SMILES string of the molecule is CC(C)CN(CC(C)C)C(=O)c1cccc2c1CCNC2. The zero-order valence-corrected chi connectivity index (χ0v) is 13.8. The first-order chi connectivity index (χ1) is 9.99. The van der Waals surface area contributed by atoms with Gasteiger partial charge in [-0.2, -0.15) is 0 Å². The summed E-state index contributed by atoms with van der Waals surface area (Å²) in [5.41, 5.74) is 3.44. The molecule has 1 aliphatic rings. The lowest BCUT2D eigenvalue weighted by Gasteiger charge is -2.28. The molecule has 3 heteroatoms. The van der Waals surface area contributed by atoms with Crippen molar-refractivity contribution in [3.05, 3.63) is 34.9 Å². The number of rotatable bonds is 5. The van der Waals surface area contributed by atoms with E-state index in [-0.39, 0.29) is 5.91 Å². The van der Waals surface area contributed by atoms with Crippen molar-refractivity contribution in [2.24, 2.45) is 11.8 Å². The number of fused-ring (bicyclic) bond motifs is 1. The summed E-state index contributed by atoms with van der Waals surface area (Å²) in [6, 6.07) is 6.15. The smallest absolute Gasteiger partial charge is 0.254 e. The van der Waals surface area contributed by atoms with Gasteiger partial charge >= 0.3 is 0 Å². The van der Waals surface area contributed by atoms with Crippen LogP contribution < -0.4 is 5.32 Å². The van der Waals surface area contributed by atoms with Gasteiger partial charge in [0.1, 0.15) is 0 Å². The lowest BCUT2D eigenvalue weighted by atomic mass is 9.94. The Kier molecular flexibility index (Phi) is 5.40. The number of nitrogens with zero attached hydrogens (tertiary/aromatic N) is 1. The van der Waals surface area contributed by atoms with E-state index in [1.807, 2.05) is 17.0 Å². The summed E-state index contributed by atoms with van der Waals surface area (Å²) in [4.78, 5) is 15.0. The van der Waals surface area contributed by atoms with Crippen LogP contribution in [-0.4, -0.2) is 30.4 Å². The van der Waals surface area contributed by atoms with Crippen molar-refractivity contribution < 1.29 is 4.79 Å². The average Bonchev–Trinajstić information content (AvgIpc) is 2.44. The highest BCUT2D eigenvalue weighted by Gasteiger charge is 2.22. The Morgan fingerprint density at radius 2 is 1.86 bits per heavy atom. The molecule has 1 aliphatic heterocycles. The van der Waals surface area contributed by atoms with Crippen LogP contribution in [0.5, 0.6) is 0 Å². The highest BCUT2D eigenvalue weighted by Crippen LogP contribution is 2.21. The van der Waals surface area contributed by atoms with Crippen LogP contribution in [0, 0.1) is 11.8 Å². The topological polar surface area (TPSA) is 32.3 Å². The summed E-state index contributed by atoms with van der Waals surface area (Å²) in [6.07, 6.45) is 0.953. The number of benzene rings is 1. The van der Waals surface area contributed by atoms with E-state index < -0.39 is 0 Å². The highest BCUT2D eigenvalue weighted by molar-refractivity contribution is 5.96. The van der Waals surface area contributed by atoms with Crippen LogP contribution in [0.1, 0.15) is 49.2 Å². The van der Waals surface area contributed by atoms with Crippen molar-refractivity contribution in [1.82, 2.24) is 10.2 Å². The van der Waals surface area contributed by atoms with E-state index in [1.54, 1.807) is 0 Å². The van der Waals surface area contributed by atoms with Gasteiger partial charge in [0.15, 0.2) is 0 Å². The van der Waals surface area contributed by atoms with Gasteiger partial charge in [-0.05, 0) is 42.0 Å². The Hall–Kier alpha value is -1.35. The molecule has 0 saturated heterocycles. The molecule has 1 heterocycles. The first kappa shape index (κ1) is 16.0. The molecule has 0 spiro atoms. The summed E-state index contributed by atoms with van der Waals surface area (Å²) in [6.45, 7) is 12.2. The quantitative estimate of drug-likeness (QED) is 0.903. The zero-order chi connectivity index (χ0) is 15.4. The maximum Gasteiger partial charge on any atom is 0.254 e. The number of carbonyl (C=O) groups excluding carboxylic acids is 1. The van der Waals surface area contributed by atoms with Gasteiger partial charge in [0.2, 0.25) is 0 Å². The molecule has 1 N–H and O–H groups in total. The van der Waals surface area contributed by atoms with E-state index in [4.69, 9.17) is 0 Å². The van der Waals surface area contributed by atoms with Gasteiger partial charge in [-0.25, -0.2) is 0 Å². The molecule has 0 unspecified atom stereocenters. The highest BCUT2D eigenvalue weighted by atomic mass is 16.2. The van der Waals surface area contributed by atoms with E-state index in [0.29, 0.717) is 11.8 Å². The second-order valence-electron chi connectivity index (χ2n) is 6.87. The van der Waals surface area contributed by atoms with E-state index >= 15 is 0 Å². The molecule has 116 valence electrons. The van der Waals surface area contributed by atoms with Gasteiger partial charge in [-0.15, -0.1) is 0 Å². The fraction of sp³-hybridized carbons (Fsp3) is 0.611. The third-order valence-corrected chi connectivity index (χ3v) is 3.83. The van der Waals surface area contributed by atoms with E-state index in [1.165, 1.54) is 11.1 Å². The Balaban J connectivity index is 2.27. The van der Waals surface area contributed by atoms with Gasteiger partial charge in [-0.1, -0.05) is 39.8 Å². The van der Waals surface area contributed by atoms with Gasteiger partial charge in [0.05, 0.1) is 0 Å². The second-order valence-corrected chi connectivity index (χ2v) is 6.87. The summed E-state index contributed by atoms with van der Waals surface area (Å²) in [7, 11) is 0. The van der Waals surface area contributed by atoms with E-state index in [0.717, 1.165) is 38.2 Å². The Bertz CT molecular complexity index is 484. The number of hydrogen-bond acceptors (Lipinski definition) is 2. The van der Waals surface area contributed by atoms with Crippen LogP contribution in [-0.2, 0) is 13.0 Å². The lowest BCUT2D eigenvalue weighted by Crippen LogP contribution is -2.38. The third kappa shape index (κ3) is 4.07. The summed E-state index contributed by atoms with van der Waals surface area (Å²) < 4.78 is 0. The molecule has 1 aromatic carbocycles. The first-order valence-electron chi connectivity index (χ1n) is 8.09. The van der Waals surface area contributed by atoms with Gasteiger partial charge in [-0.3, -0.25) is 4.79 Å². The predicted octanol–water partition coefficient (Wildman–Crippen LogP) is 3.09. The molecule has 2 rings (SSSR count). The molecular weight excluding hydrogens is 260 g/mol. The standard InChI is InChI=1S/C18H28N2O/c1-13(2)11-20(12-14(3)4)18(21)17-7-5-6-15-10-19-9-8-16(15)17/h5-7,13-14,19H,8-12H2,1-4H3. The molecular formula is C18H28N2O. The molecule has 3 nitrogen and oxygen atoms in total. The Morgan fingerprint density at radius 3 is 2.48 bits per heavy atom. The fourth-order valence-electron chi connectivity index (χ4n) is 3.02. The molecule has 0 atom stereocenters. The molecule has 0 radical (unpaired) electrons. The van der Waals surface area contributed by atoms with Crippen LogP contribution in [0.4, 0.5) is 0 Å². The minimum absolute atomic E-state index is 0.205. The molecule has 0 saturated carbocycles.